The van der Waals surface area contributed by atoms with Gasteiger partial charge in [0, 0.05) is 7.05 Å². The van der Waals surface area contributed by atoms with Gasteiger partial charge in [-0.15, -0.1) is 0 Å². The number of aliphatic imine (C=N–C) groups is 1. The fraction of sp³-hybridized carbons (Fsp3) is 0.444. The van der Waals surface area contributed by atoms with E-state index in [1.165, 1.54) is 0 Å². The van der Waals surface area contributed by atoms with Gasteiger partial charge in [0.25, 0.3) is 0 Å². The van der Waals surface area contributed by atoms with Crippen molar-refractivity contribution in [3.63, 3.8) is 0 Å². The monoisotopic (exact) mass is 330 g/mol. The van der Waals surface area contributed by atoms with Crippen molar-refractivity contribution >= 4 is 5.96 Å². The highest BCUT2D eigenvalue weighted by atomic mass is 16.5. The van der Waals surface area contributed by atoms with Crippen molar-refractivity contribution in [3.05, 3.63) is 47.2 Å². The van der Waals surface area contributed by atoms with Gasteiger partial charge in [-0.05, 0) is 39.3 Å². The molecule has 6 heteroatoms. The fourth-order valence-electron chi connectivity index (χ4n) is 2.18. The minimum absolute atomic E-state index is 0.0101. The van der Waals surface area contributed by atoms with E-state index >= 15 is 0 Å². The molecule has 130 valence electrons. The molecule has 2 aromatic rings. The number of aromatic nitrogens is 1. The van der Waals surface area contributed by atoms with Crippen LogP contribution in [0.3, 0.4) is 0 Å². The van der Waals surface area contributed by atoms with Gasteiger partial charge in [0.05, 0.1) is 18.8 Å². The Balaban J connectivity index is 1.79. The fourth-order valence-corrected chi connectivity index (χ4v) is 2.18. The molecule has 1 atom stereocenters. The highest BCUT2D eigenvalue weighted by Gasteiger charge is 2.09. The van der Waals surface area contributed by atoms with Gasteiger partial charge in [0.15, 0.2) is 5.96 Å². The highest BCUT2D eigenvalue weighted by Crippen LogP contribution is 2.17. The van der Waals surface area contributed by atoms with Gasteiger partial charge in [0.2, 0.25) is 5.89 Å². The third kappa shape index (κ3) is 5.01. The smallest absolute Gasteiger partial charge is 0.214 e. The maximum atomic E-state index is 5.95. The third-order valence-electron chi connectivity index (χ3n) is 3.68. The average Bonchev–Trinajstić information content (AvgIpc) is 2.88. The van der Waals surface area contributed by atoms with Crippen molar-refractivity contribution in [1.82, 2.24) is 15.6 Å². The summed E-state index contributed by atoms with van der Waals surface area (Å²) in [5.41, 5.74) is 2.04. The molecule has 2 rings (SSSR count). The van der Waals surface area contributed by atoms with Gasteiger partial charge < -0.3 is 19.8 Å². The molecule has 0 saturated carbocycles. The number of ether oxygens (including phenoxy) is 1. The van der Waals surface area contributed by atoms with Crippen LogP contribution in [0, 0.1) is 20.8 Å². The maximum Gasteiger partial charge on any atom is 0.214 e. The molecule has 0 radical (unpaired) electrons. The van der Waals surface area contributed by atoms with E-state index in [4.69, 9.17) is 9.15 Å². The molecule has 0 aliphatic carbocycles. The van der Waals surface area contributed by atoms with Crippen LogP contribution >= 0.6 is 0 Å². The minimum atomic E-state index is 0.0101. The molecule has 0 spiro atoms. The molecule has 0 fully saturated rings. The summed E-state index contributed by atoms with van der Waals surface area (Å²) in [6.45, 7) is 9.02. The maximum absolute atomic E-state index is 5.95. The summed E-state index contributed by atoms with van der Waals surface area (Å²) >= 11 is 0. The molecule has 24 heavy (non-hydrogen) atoms. The van der Waals surface area contributed by atoms with E-state index < -0.39 is 0 Å². The third-order valence-corrected chi connectivity index (χ3v) is 3.68. The Morgan fingerprint density at radius 3 is 2.62 bits per heavy atom. The zero-order valence-corrected chi connectivity index (χ0v) is 15.0. The van der Waals surface area contributed by atoms with Crippen molar-refractivity contribution < 1.29 is 9.15 Å². The van der Waals surface area contributed by atoms with E-state index in [1.54, 1.807) is 7.05 Å². The topological polar surface area (TPSA) is 71.7 Å². The quantitative estimate of drug-likeness (QED) is 0.629. The second-order valence-corrected chi connectivity index (χ2v) is 5.75. The van der Waals surface area contributed by atoms with Crippen molar-refractivity contribution in [3.8, 4) is 5.75 Å². The Hall–Kier alpha value is -2.50. The molecular formula is C18H26N4O2. The molecule has 1 heterocycles. The van der Waals surface area contributed by atoms with Gasteiger partial charge in [-0.3, -0.25) is 4.99 Å². The van der Waals surface area contributed by atoms with Crippen LogP contribution in [0.25, 0.3) is 0 Å². The number of oxazole rings is 1. The molecule has 1 aromatic carbocycles. The molecule has 2 N–H and O–H groups in total. The van der Waals surface area contributed by atoms with Crippen LogP contribution in [0.1, 0.15) is 29.8 Å². The van der Waals surface area contributed by atoms with Gasteiger partial charge in [-0.1, -0.05) is 18.2 Å². The summed E-state index contributed by atoms with van der Waals surface area (Å²) in [6.07, 6.45) is 0.0101. The Morgan fingerprint density at radius 2 is 2.00 bits per heavy atom. The molecule has 0 saturated heterocycles. The number of hydrogen-bond acceptors (Lipinski definition) is 4. The van der Waals surface area contributed by atoms with Crippen LogP contribution in [0.5, 0.6) is 5.75 Å². The first kappa shape index (κ1) is 17.8. The largest absolute Gasteiger partial charge is 0.489 e. The zero-order valence-electron chi connectivity index (χ0n) is 15.0. The van der Waals surface area contributed by atoms with Crippen LogP contribution in [0.15, 0.2) is 33.7 Å². The van der Waals surface area contributed by atoms with Gasteiger partial charge in [-0.25, -0.2) is 4.98 Å². The number of benzene rings is 1. The number of aryl methyl sites for hydroxylation is 3. The molecule has 1 aromatic heterocycles. The van der Waals surface area contributed by atoms with E-state index in [1.807, 2.05) is 52.0 Å². The molecule has 0 aliphatic heterocycles. The van der Waals surface area contributed by atoms with Crippen LogP contribution in [-0.4, -0.2) is 30.6 Å². The van der Waals surface area contributed by atoms with Gasteiger partial charge >= 0.3 is 0 Å². The SMILES string of the molecule is CN=C(NCc1nc(C)c(C)o1)NCC(C)Oc1ccccc1C. The van der Waals surface area contributed by atoms with Crippen LogP contribution < -0.4 is 15.4 Å². The second kappa shape index (κ2) is 8.38. The molecule has 0 aliphatic rings. The molecule has 6 nitrogen and oxygen atoms in total. The summed E-state index contributed by atoms with van der Waals surface area (Å²) in [5, 5.41) is 6.43. The van der Waals surface area contributed by atoms with Crippen LogP contribution in [0.4, 0.5) is 0 Å². The predicted octanol–water partition coefficient (Wildman–Crippen LogP) is 2.73. The first-order valence-corrected chi connectivity index (χ1v) is 8.09. The van der Waals surface area contributed by atoms with E-state index in [0.29, 0.717) is 24.9 Å². The van der Waals surface area contributed by atoms with Crippen molar-refractivity contribution in [2.75, 3.05) is 13.6 Å². The van der Waals surface area contributed by atoms with Gasteiger partial charge in [0.1, 0.15) is 17.6 Å². The van der Waals surface area contributed by atoms with Crippen molar-refractivity contribution in [2.24, 2.45) is 4.99 Å². The number of nitrogens with one attached hydrogen (secondary N) is 2. The highest BCUT2D eigenvalue weighted by molar-refractivity contribution is 5.79. The lowest BCUT2D eigenvalue weighted by atomic mass is 10.2. The molecular weight excluding hydrogens is 304 g/mol. The number of hydrogen-bond donors (Lipinski definition) is 2. The van der Waals surface area contributed by atoms with E-state index in [-0.39, 0.29) is 6.10 Å². The summed E-state index contributed by atoms with van der Waals surface area (Å²) in [6, 6.07) is 7.99. The number of guanidine groups is 1. The number of para-hydroxylation sites is 1. The summed E-state index contributed by atoms with van der Waals surface area (Å²) in [4.78, 5) is 8.54. The number of rotatable bonds is 6. The van der Waals surface area contributed by atoms with Crippen molar-refractivity contribution in [2.45, 2.75) is 40.3 Å². The van der Waals surface area contributed by atoms with Gasteiger partial charge in [-0.2, -0.15) is 0 Å². The normalized spacial score (nSPS) is 12.8. The van der Waals surface area contributed by atoms with E-state index in [2.05, 4.69) is 20.6 Å². The standard InChI is InChI=1S/C18H26N4O2/c1-12-8-6-7-9-16(12)23-13(2)10-20-18(19-5)21-11-17-22-14(3)15(4)24-17/h6-9,13H,10-11H2,1-5H3,(H2,19,20,21). The first-order valence-electron chi connectivity index (χ1n) is 8.09. The van der Waals surface area contributed by atoms with Crippen LogP contribution in [0.2, 0.25) is 0 Å². The Kier molecular flexibility index (Phi) is 6.23. The first-order chi connectivity index (χ1) is 11.5. The average molecular weight is 330 g/mol. The minimum Gasteiger partial charge on any atom is -0.489 e. The van der Waals surface area contributed by atoms with E-state index in [0.717, 1.165) is 22.8 Å². The molecule has 1 unspecified atom stereocenters. The Bertz CT molecular complexity index is 675. The lowest BCUT2D eigenvalue weighted by Crippen LogP contribution is -2.41. The predicted molar refractivity (Wildman–Crippen MR) is 95.4 cm³/mol. The Morgan fingerprint density at radius 1 is 1.25 bits per heavy atom. The summed E-state index contributed by atoms with van der Waals surface area (Å²) in [5.74, 6) is 3.08. The molecule has 0 amide bonds. The van der Waals surface area contributed by atoms with Crippen molar-refractivity contribution in [1.29, 1.82) is 0 Å². The number of nitrogens with zero attached hydrogens (tertiary/aromatic N) is 2. The Labute approximate surface area is 143 Å². The summed E-state index contributed by atoms with van der Waals surface area (Å²) < 4.78 is 11.5. The second-order valence-electron chi connectivity index (χ2n) is 5.75. The lowest BCUT2D eigenvalue weighted by Gasteiger charge is -2.18. The summed E-state index contributed by atoms with van der Waals surface area (Å²) in [7, 11) is 1.73. The zero-order chi connectivity index (χ0) is 17.5. The molecule has 0 bridgehead atoms. The lowest BCUT2D eigenvalue weighted by molar-refractivity contribution is 0.222. The van der Waals surface area contributed by atoms with Crippen LogP contribution in [-0.2, 0) is 6.54 Å². The van der Waals surface area contributed by atoms with E-state index in [9.17, 15) is 0 Å².